The van der Waals surface area contributed by atoms with Crippen molar-refractivity contribution in [3.8, 4) is 0 Å². The van der Waals surface area contributed by atoms with E-state index in [0.717, 1.165) is 18.4 Å². The van der Waals surface area contributed by atoms with E-state index in [1.54, 1.807) is 11.9 Å². The molecule has 1 aliphatic carbocycles. The summed E-state index contributed by atoms with van der Waals surface area (Å²) in [4.78, 5) is 24.8. The van der Waals surface area contributed by atoms with E-state index >= 15 is 0 Å². The molecule has 0 aliphatic heterocycles. The van der Waals surface area contributed by atoms with Gasteiger partial charge in [0.25, 0.3) is 0 Å². The van der Waals surface area contributed by atoms with Crippen molar-refractivity contribution in [1.29, 1.82) is 0 Å². The second kappa shape index (κ2) is 6.55. The molecule has 1 aliphatic rings. The molecule has 4 nitrogen and oxygen atoms in total. The first kappa shape index (κ1) is 14.6. The van der Waals surface area contributed by atoms with Crippen molar-refractivity contribution in [3.63, 3.8) is 0 Å². The van der Waals surface area contributed by atoms with Gasteiger partial charge in [-0.15, -0.1) is 0 Å². The summed E-state index contributed by atoms with van der Waals surface area (Å²) in [6.07, 6.45) is 2.82. The molecule has 0 heterocycles. The van der Waals surface area contributed by atoms with Crippen LogP contribution in [0.2, 0.25) is 0 Å². The van der Waals surface area contributed by atoms with Gasteiger partial charge in [0.05, 0.1) is 5.92 Å². The monoisotopic (exact) mass is 275 g/mol. The van der Waals surface area contributed by atoms with Gasteiger partial charge in [0.15, 0.2) is 0 Å². The van der Waals surface area contributed by atoms with Crippen molar-refractivity contribution >= 4 is 11.9 Å². The zero-order valence-corrected chi connectivity index (χ0v) is 11.8. The van der Waals surface area contributed by atoms with Crippen molar-refractivity contribution in [2.24, 2.45) is 5.92 Å². The lowest BCUT2D eigenvalue weighted by Gasteiger charge is -2.24. The molecule has 0 spiro atoms. The number of rotatable bonds is 7. The van der Waals surface area contributed by atoms with Crippen LogP contribution in [0, 0.1) is 5.92 Å². The number of likely N-dealkylation sites (N-methyl/N-ethyl adjacent to an activating group) is 1. The largest absolute Gasteiger partial charge is 0.481 e. The van der Waals surface area contributed by atoms with Gasteiger partial charge in [-0.2, -0.15) is 0 Å². The van der Waals surface area contributed by atoms with Gasteiger partial charge >= 0.3 is 5.97 Å². The first-order valence-electron chi connectivity index (χ1n) is 7.11. The summed E-state index contributed by atoms with van der Waals surface area (Å²) >= 11 is 0. The van der Waals surface area contributed by atoms with Crippen molar-refractivity contribution in [3.05, 3.63) is 35.9 Å². The average molecular weight is 275 g/mol. The fourth-order valence-electron chi connectivity index (χ4n) is 2.52. The minimum absolute atomic E-state index is 0.0639. The number of hydrogen-bond acceptors (Lipinski definition) is 2. The van der Waals surface area contributed by atoms with Gasteiger partial charge in [-0.3, -0.25) is 9.59 Å². The first-order valence-corrected chi connectivity index (χ1v) is 7.11. The summed E-state index contributed by atoms with van der Waals surface area (Å²) in [5.41, 5.74) is 1.07. The predicted octanol–water partition coefficient (Wildman–Crippen LogP) is 2.50. The molecule has 0 bridgehead atoms. The van der Waals surface area contributed by atoms with Crippen LogP contribution in [0.1, 0.15) is 37.2 Å². The summed E-state index contributed by atoms with van der Waals surface area (Å²) in [7, 11) is 1.77. The normalized spacial score (nSPS) is 15.7. The summed E-state index contributed by atoms with van der Waals surface area (Å²) < 4.78 is 0. The Balaban J connectivity index is 1.99. The Bertz CT molecular complexity index is 468. The van der Waals surface area contributed by atoms with Crippen LogP contribution in [0.15, 0.2) is 30.3 Å². The Hall–Kier alpha value is -1.84. The number of aliphatic carboxylic acids is 1. The quantitative estimate of drug-likeness (QED) is 0.831. The number of carbonyl (C=O) groups excluding carboxylic acids is 1. The van der Waals surface area contributed by atoms with Crippen LogP contribution in [0.5, 0.6) is 0 Å². The second-order valence-electron chi connectivity index (χ2n) is 5.48. The van der Waals surface area contributed by atoms with Crippen LogP contribution in [0.4, 0.5) is 0 Å². The number of hydrogen-bond donors (Lipinski definition) is 1. The minimum Gasteiger partial charge on any atom is -0.481 e. The highest BCUT2D eigenvalue weighted by molar-refractivity contribution is 5.84. The fourth-order valence-corrected chi connectivity index (χ4v) is 2.52. The van der Waals surface area contributed by atoms with Crippen LogP contribution in [0.3, 0.4) is 0 Å². The maximum Gasteiger partial charge on any atom is 0.303 e. The third-order valence-corrected chi connectivity index (χ3v) is 3.78. The third-order valence-electron chi connectivity index (χ3n) is 3.78. The molecule has 1 N–H and O–H groups in total. The Morgan fingerprint density at radius 1 is 1.30 bits per heavy atom. The molecule has 1 unspecified atom stereocenters. The summed E-state index contributed by atoms with van der Waals surface area (Å²) in [6.45, 7) is 0.501. The second-order valence-corrected chi connectivity index (χ2v) is 5.48. The highest BCUT2D eigenvalue weighted by Crippen LogP contribution is 2.43. The zero-order valence-electron chi connectivity index (χ0n) is 11.8. The lowest BCUT2D eigenvalue weighted by Crippen LogP contribution is -2.33. The lowest BCUT2D eigenvalue weighted by atomic mass is 9.93. The molecule has 1 amide bonds. The van der Waals surface area contributed by atoms with Gasteiger partial charge in [0.1, 0.15) is 0 Å². The van der Waals surface area contributed by atoms with Crippen molar-refractivity contribution < 1.29 is 14.7 Å². The molecule has 2 rings (SSSR count). The molecular weight excluding hydrogens is 254 g/mol. The highest BCUT2D eigenvalue weighted by atomic mass is 16.4. The zero-order chi connectivity index (χ0) is 14.5. The molecule has 0 aromatic heterocycles. The van der Waals surface area contributed by atoms with E-state index in [0.29, 0.717) is 18.9 Å². The Kier molecular flexibility index (Phi) is 4.77. The predicted molar refractivity (Wildman–Crippen MR) is 76.4 cm³/mol. The number of carboxylic acid groups (broad SMARTS) is 1. The molecule has 20 heavy (non-hydrogen) atoms. The van der Waals surface area contributed by atoms with Crippen LogP contribution in [-0.2, 0) is 9.59 Å². The smallest absolute Gasteiger partial charge is 0.303 e. The average Bonchev–Trinajstić information content (AvgIpc) is 3.24. The van der Waals surface area contributed by atoms with E-state index in [2.05, 4.69) is 0 Å². The molecule has 0 saturated heterocycles. The van der Waals surface area contributed by atoms with Gasteiger partial charge in [0.2, 0.25) is 5.91 Å². The van der Waals surface area contributed by atoms with Gasteiger partial charge in [0, 0.05) is 20.0 Å². The molecule has 1 saturated carbocycles. The molecule has 108 valence electrons. The van der Waals surface area contributed by atoms with Crippen molar-refractivity contribution in [2.75, 3.05) is 13.6 Å². The lowest BCUT2D eigenvalue weighted by molar-refractivity contribution is -0.138. The Labute approximate surface area is 119 Å². The van der Waals surface area contributed by atoms with E-state index in [9.17, 15) is 9.59 Å². The molecule has 4 heteroatoms. The van der Waals surface area contributed by atoms with Crippen LogP contribution in [-0.4, -0.2) is 35.5 Å². The summed E-state index contributed by atoms with van der Waals surface area (Å²) in [6, 6.07) is 9.89. The molecule has 0 radical (unpaired) electrons. The SMILES string of the molecule is CN(CCCC(=O)O)C(=O)C(c1ccccc1)C1CC1. The van der Waals surface area contributed by atoms with Gasteiger partial charge in [-0.1, -0.05) is 30.3 Å². The molecular formula is C16H21NO3. The Morgan fingerprint density at radius 2 is 1.95 bits per heavy atom. The number of benzene rings is 1. The van der Waals surface area contributed by atoms with E-state index in [-0.39, 0.29) is 18.2 Å². The first-order chi connectivity index (χ1) is 9.59. The summed E-state index contributed by atoms with van der Waals surface area (Å²) in [5.74, 6) is -0.311. The van der Waals surface area contributed by atoms with Crippen molar-refractivity contribution in [1.82, 2.24) is 4.90 Å². The van der Waals surface area contributed by atoms with Gasteiger partial charge in [-0.25, -0.2) is 0 Å². The topological polar surface area (TPSA) is 57.6 Å². The molecule has 1 aromatic rings. The fraction of sp³-hybridized carbons (Fsp3) is 0.500. The minimum atomic E-state index is -0.812. The van der Waals surface area contributed by atoms with E-state index in [4.69, 9.17) is 5.11 Å². The standard InChI is InChI=1S/C16H21NO3/c1-17(11-5-8-14(18)19)16(20)15(13-9-10-13)12-6-3-2-4-7-12/h2-4,6-7,13,15H,5,8-11H2,1H3,(H,18,19). The molecule has 1 aromatic carbocycles. The Morgan fingerprint density at radius 3 is 2.50 bits per heavy atom. The number of carboxylic acids is 1. The third kappa shape index (κ3) is 3.83. The van der Waals surface area contributed by atoms with Crippen LogP contribution >= 0.6 is 0 Å². The number of amides is 1. The van der Waals surface area contributed by atoms with Gasteiger partial charge < -0.3 is 10.0 Å². The number of nitrogens with zero attached hydrogens (tertiary/aromatic N) is 1. The van der Waals surface area contributed by atoms with E-state index < -0.39 is 5.97 Å². The number of carbonyl (C=O) groups is 2. The van der Waals surface area contributed by atoms with E-state index in [1.165, 1.54) is 0 Å². The van der Waals surface area contributed by atoms with Crippen LogP contribution < -0.4 is 0 Å². The van der Waals surface area contributed by atoms with Gasteiger partial charge in [-0.05, 0) is 30.7 Å². The maximum atomic E-state index is 12.6. The molecule has 1 atom stereocenters. The highest BCUT2D eigenvalue weighted by Gasteiger charge is 2.38. The molecule has 1 fully saturated rings. The van der Waals surface area contributed by atoms with E-state index in [1.807, 2.05) is 30.3 Å². The van der Waals surface area contributed by atoms with Crippen molar-refractivity contribution in [2.45, 2.75) is 31.6 Å². The van der Waals surface area contributed by atoms with Crippen LogP contribution in [0.25, 0.3) is 0 Å². The summed E-state index contributed by atoms with van der Waals surface area (Å²) in [5, 5.41) is 8.65. The maximum absolute atomic E-state index is 12.6.